The van der Waals surface area contributed by atoms with E-state index >= 15 is 0 Å². The van der Waals surface area contributed by atoms with E-state index in [1.54, 1.807) is 25.1 Å². The number of hydrogen-bond donors (Lipinski definition) is 0. The SMILES string of the molecule is CCOC(=O)/C(=N/OCC[Se]c1ccccc1[N+](=O)[O-])C(C)=O. The molecule has 0 saturated carbocycles. The summed E-state index contributed by atoms with van der Waals surface area (Å²) in [5, 5.41) is 14.9. The fourth-order valence-electron chi connectivity index (χ4n) is 1.47. The van der Waals surface area contributed by atoms with Crippen LogP contribution in [0.25, 0.3) is 0 Å². The Labute approximate surface area is 139 Å². The van der Waals surface area contributed by atoms with Gasteiger partial charge < -0.3 is 0 Å². The first kappa shape index (κ1) is 18.8. The van der Waals surface area contributed by atoms with Crippen LogP contribution in [0.4, 0.5) is 5.69 Å². The molecule has 0 N–H and O–H groups in total. The number of carbonyl (C=O) groups excluding carboxylic acids is 2. The van der Waals surface area contributed by atoms with Gasteiger partial charge in [0, 0.05) is 0 Å². The Balaban J connectivity index is 2.54. The van der Waals surface area contributed by atoms with E-state index in [4.69, 9.17) is 9.57 Å². The van der Waals surface area contributed by atoms with Crippen LogP contribution < -0.4 is 4.46 Å². The van der Waals surface area contributed by atoms with E-state index in [1.807, 2.05) is 0 Å². The number of benzene rings is 1. The second kappa shape index (κ2) is 9.70. The zero-order valence-corrected chi connectivity index (χ0v) is 14.4. The molecule has 1 aromatic carbocycles. The van der Waals surface area contributed by atoms with Gasteiger partial charge in [0.2, 0.25) is 0 Å². The number of carbonyl (C=O) groups is 2. The Morgan fingerprint density at radius 3 is 2.65 bits per heavy atom. The monoisotopic (exact) mass is 388 g/mol. The molecule has 9 heteroatoms. The standard InChI is InChI=1S/C14H16N2O6Se/c1-3-21-14(18)13(10(2)17)15-22-8-9-23-12-7-5-4-6-11(12)16(19)20/h4-7H,3,8-9H2,1-2H3/b15-13+. The van der Waals surface area contributed by atoms with E-state index in [-0.39, 0.29) is 33.9 Å². The van der Waals surface area contributed by atoms with Crippen molar-refractivity contribution < 1.29 is 24.1 Å². The summed E-state index contributed by atoms with van der Waals surface area (Å²) in [6.07, 6.45) is 0. The fourth-order valence-corrected chi connectivity index (χ4v) is 3.24. The Hall–Kier alpha value is -2.25. The predicted octanol–water partition coefficient (Wildman–Crippen LogP) is 0.867. The average Bonchev–Trinajstić information content (AvgIpc) is 2.50. The van der Waals surface area contributed by atoms with Gasteiger partial charge in [0.1, 0.15) is 0 Å². The molecular weight excluding hydrogens is 371 g/mol. The minimum absolute atomic E-state index is 0.0759. The van der Waals surface area contributed by atoms with Crippen LogP contribution in [0.1, 0.15) is 13.8 Å². The summed E-state index contributed by atoms with van der Waals surface area (Å²) in [5.74, 6) is -1.38. The maximum absolute atomic E-state index is 11.5. The van der Waals surface area contributed by atoms with Crippen molar-refractivity contribution in [2.24, 2.45) is 5.16 Å². The number of para-hydroxylation sites is 1. The summed E-state index contributed by atoms with van der Waals surface area (Å²) in [6.45, 7) is 3.08. The quantitative estimate of drug-likeness (QED) is 0.118. The van der Waals surface area contributed by atoms with E-state index in [0.717, 1.165) is 0 Å². The molecule has 0 aromatic heterocycles. The molecule has 0 saturated heterocycles. The first-order chi connectivity index (χ1) is 11.0. The Bertz CT molecular complexity index is 617. The van der Waals surface area contributed by atoms with Gasteiger partial charge in [-0.2, -0.15) is 0 Å². The van der Waals surface area contributed by atoms with Gasteiger partial charge in [-0.05, 0) is 0 Å². The molecule has 0 spiro atoms. The van der Waals surface area contributed by atoms with E-state index < -0.39 is 22.4 Å². The number of rotatable bonds is 9. The van der Waals surface area contributed by atoms with Crippen LogP contribution in [-0.2, 0) is 19.2 Å². The molecule has 1 aromatic rings. The summed E-state index contributed by atoms with van der Waals surface area (Å²) in [5.41, 5.74) is -0.322. The summed E-state index contributed by atoms with van der Waals surface area (Å²) in [4.78, 5) is 38.2. The molecule has 0 aliphatic carbocycles. The van der Waals surface area contributed by atoms with Crippen molar-refractivity contribution in [3.8, 4) is 0 Å². The average molecular weight is 387 g/mol. The van der Waals surface area contributed by atoms with Crippen LogP contribution in [0.2, 0.25) is 5.32 Å². The molecule has 0 fully saturated rings. The first-order valence-corrected chi connectivity index (χ1v) is 8.78. The molecule has 1 rings (SSSR count). The summed E-state index contributed by atoms with van der Waals surface area (Å²) in [6, 6.07) is 6.49. The van der Waals surface area contributed by atoms with Gasteiger partial charge in [0.25, 0.3) is 0 Å². The van der Waals surface area contributed by atoms with Gasteiger partial charge >= 0.3 is 139 Å². The molecule has 0 aliphatic heterocycles. The number of nitro groups is 1. The maximum atomic E-state index is 11.5. The van der Waals surface area contributed by atoms with Crippen molar-refractivity contribution in [3.05, 3.63) is 34.4 Å². The van der Waals surface area contributed by atoms with Crippen molar-refractivity contribution in [2.75, 3.05) is 13.2 Å². The number of nitrogens with zero attached hydrogens (tertiary/aromatic N) is 2. The van der Waals surface area contributed by atoms with Crippen molar-refractivity contribution in [1.29, 1.82) is 0 Å². The molecular formula is C14H16N2O6Se. The topological polar surface area (TPSA) is 108 Å². The van der Waals surface area contributed by atoms with Crippen LogP contribution >= 0.6 is 0 Å². The molecule has 0 heterocycles. The van der Waals surface area contributed by atoms with E-state index in [9.17, 15) is 19.7 Å². The van der Waals surface area contributed by atoms with Crippen LogP contribution in [0.15, 0.2) is 29.4 Å². The molecule has 8 nitrogen and oxygen atoms in total. The molecule has 0 radical (unpaired) electrons. The van der Waals surface area contributed by atoms with Gasteiger partial charge in [-0.1, -0.05) is 0 Å². The molecule has 0 aliphatic rings. The number of esters is 1. The van der Waals surface area contributed by atoms with Gasteiger partial charge in [-0.3, -0.25) is 0 Å². The number of hydrogen-bond acceptors (Lipinski definition) is 7. The second-order valence-electron chi connectivity index (χ2n) is 4.12. The van der Waals surface area contributed by atoms with E-state index in [2.05, 4.69) is 5.16 Å². The van der Waals surface area contributed by atoms with Crippen LogP contribution in [0.5, 0.6) is 0 Å². The third-order valence-corrected chi connectivity index (χ3v) is 4.61. The Morgan fingerprint density at radius 2 is 2.04 bits per heavy atom. The van der Waals surface area contributed by atoms with Gasteiger partial charge in [-0.15, -0.1) is 0 Å². The summed E-state index contributed by atoms with van der Waals surface area (Å²) >= 11 is -0.181. The van der Waals surface area contributed by atoms with Crippen molar-refractivity contribution in [1.82, 2.24) is 0 Å². The number of oxime groups is 1. The second-order valence-corrected chi connectivity index (χ2v) is 6.51. The van der Waals surface area contributed by atoms with Crippen molar-refractivity contribution in [2.45, 2.75) is 19.2 Å². The molecule has 23 heavy (non-hydrogen) atoms. The third-order valence-electron chi connectivity index (χ3n) is 2.45. The zero-order chi connectivity index (χ0) is 17.2. The normalized spacial score (nSPS) is 11.0. The molecule has 0 bridgehead atoms. The van der Waals surface area contributed by atoms with E-state index in [1.165, 1.54) is 13.0 Å². The predicted molar refractivity (Wildman–Crippen MR) is 84.0 cm³/mol. The Morgan fingerprint density at radius 1 is 1.35 bits per heavy atom. The Kier molecular flexibility index (Phi) is 7.93. The summed E-state index contributed by atoms with van der Waals surface area (Å²) in [7, 11) is 0. The third kappa shape index (κ3) is 6.17. The van der Waals surface area contributed by atoms with Crippen molar-refractivity contribution >= 4 is 42.6 Å². The van der Waals surface area contributed by atoms with Crippen LogP contribution in [-0.4, -0.2) is 50.6 Å². The van der Waals surface area contributed by atoms with Gasteiger partial charge in [0.15, 0.2) is 0 Å². The zero-order valence-electron chi connectivity index (χ0n) is 12.7. The summed E-state index contributed by atoms with van der Waals surface area (Å²) < 4.78 is 5.34. The first-order valence-electron chi connectivity index (χ1n) is 6.71. The van der Waals surface area contributed by atoms with Gasteiger partial charge in [0.05, 0.1) is 0 Å². The molecule has 0 amide bonds. The molecule has 124 valence electrons. The number of ether oxygens (including phenoxy) is 1. The number of ketones is 1. The number of Topliss-reactive ketones (excluding diaryl/α,β-unsaturated/α-hetero) is 1. The number of nitro benzene ring substituents is 1. The van der Waals surface area contributed by atoms with E-state index in [0.29, 0.717) is 9.78 Å². The van der Waals surface area contributed by atoms with Crippen molar-refractivity contribution in [3.63, 3.8) is 0 Å². The molecule has 0 unspecified atom stereocenters. The molecule has 0 atom stereocenters. The van der Waals surface area contributed by atoms with Crippen LogP contribution in [0, 0.1) is 10.1 Å². The van der Waals surface area contributed by atoms with Gasteiger partial charge in [-0.25, -0.2) is 0 Å². The minimum atomic E-state index is -0.829. The fraction of sp³-hybridized carbons (Fsp3) is 0.357. The van der Waals surface area contributed by atoms with Crippen LogP contribution in [0.3, 0.4) is 0 Å².